The van der Waals surface area contributed by atoms with Crippen molar-refractivity contribution in [1.29, 1.82) is 0 Å². The molecule has 1 saturated heterocycles. The molecule has 0 unspecified atom stereocenters. The fourth-order valence-corrected chi connectivity index (χ4v) is 1.89. The molecule has 82 valence electrons. The van der Waals surface area contributed by atoms with Crippen LogP contribution < -0.4 is 10.6 Å². The van der Waals surface area contributed by atoms with Gasteiger partial charge in [-0.25, -0.2) is 4.39 Å². The Balaban J connectivity index is 1.79. The van der Waals surface area contributed by atoms with Gasteiger partial charge >= 0.3 is 0 Å². The first-order valence-corrected chi connectivity index (χ1v) is 5.53. The van der Waals surface area contributed by atoms with Crippen LogP contribution in [0.25, 0.3) is 0 Å². The highest BCUT2D eigenvalue weighted by molar-refractivity contribution is 5.15. The van der Waals surface area contributed by atoms with Gasteiger partial charge in [-0.05, 0) is 43.6 Å². The zero-order valence-electron chi connectivity index (χ0n) is 8.80. The van der Waals surface area contributed by atoms with Crippen LogP contribution in [0.5, 0.6) is 0 Å². The van der Waals surface area contributed by atoms with Crippen LogP contribution in [-0.4, -0.2) is 19.1 Å². The molecule has 0 aliphatic carbocycles. The van der Waals surface area contributed by atoms with E-state index in [4.69, 9.17) is 0 Å². The maximum absolute atomic E-state index is 12.7. The second-order valence-corrected chi connectivity index (χ2v) is 4.03. The van der Waals surface area contributed by atoms with E-state index in [9.17, 15) is 4.39 Å². The number of rotatable bonds is 3. The third-order valence-electron chi connectivity index (χ3n) is 2.85. The van der Waals surface area contributed by atoms with Crippen molar-refractivity contribution in [3.05, 3.63) is 35.6 Å². The minimum Gasteiger partial charge on any atom is -0.317 e. The van der Waals surface area contributed by atoms with Crippen molar-refractivity contribution in [2.75, 3.05) is 13.1 Å². The lowest BCUT2D eigenvalue weighted by molar-refractivity contribution is 0.386. The van der Waals surface area contributed by atoms with Gasteiger partial charge in [0.05, 0.1) is 0 Å². The van der Waals surface area contributed by atoms with Crippen molar-refractivity contribution in [1.82, 2.24) is 10.6 Å². The molecule has 1 aliphatic rings. The van der Waals surface area contributed by atoms with Crippen LogP contribution in [0.2, 0.25) is 0 Å². The first-order valence-electron chi connectivity index (χ1n) is 5.53. The lowest BCUT2D eigenvalue weighted by Gasteiger charge is -2.23. The summed E-state index contributed by atoms with van der Waals surface area (Å²) < 4.78 is 12.7. The van der Waals surface area contributed by atoms with Crippen LogP contribution in [0.3, 0.4) is 0 Å². The highest BCUT2D eigenvalue weighted by Gasteiger charge is 2.11. The molecular formula is C12H17FN2. The predicted molar refractivity (Wildman–Crippen MR) is 59.1 cm³/mol. The number of hydrogen-bond donors (Lipinski definition) is 2. The zero-order valence-corrected chi connectivity index (χ0v) is 8.80. The van der Waals surface area contributed by atoms with Crippen molar-refractivity contribution in [3.63, 3.8) is 0 Å². The maximum atomic E-state index is 12.7. The summed E-state index contributed by atoms with van der Waals surface area (Å²) in [5.74, 6) is -0.166. The molecule has 1 aromatic carbocycles. The SMILES string of the molecule is Fc1ccc(CNC2CCNCC2)cc1. The van der Waals surface area contributed by atoms with E-state index in [0.717, 1.165) is 25.2 Å². The Hall–Kier alpha value is -0.930. The first-order chi connectivity index (χ1) is 7.34. The Labute approximate surface area is 89.9 Å². The Morgan fingerprint density at radius 2 is 1.87 bits per heavy atom. The van der Waals surface area contributed by atoms with Crippen molar-refractivity contribution in [2.24, 2.45) is 0 Å². The number of hydrogen-bond acceptors (Lipinski definition) is 2. The highest BCUT2D eigenvalue weighted by atomic mass is 19.1. The topological polar surface area (TPSA) is 24.1 Å². The van der Waals surface area contributed by atoms with Gasteiger partial charge in [-0.15, -0.1) is 0 Å². The summed E-state index contributed by atoms with van der Waals surface area (Å²) in [5, 5.41) is 6.83. The van der Waals surface area contributed by atoms with Gasteiger partial charge < -0.3 is 10.6 Å². The Bertz CT molecular complexity index is 291. The molecule has 0 atom stereocenters. The number of piperidine rings is 1. The summed E-state index contributed by atoms with van der Waals surface area (Å²) in [6.07, 6.45) is 2.36. The van der Waals surface area contributed by atoms with Crippen molar-refractivity contribution in [3.8, 4) is 0 Å². The molecule has 2 nitrogen and oxygen atoms in total. The van der Waals surface area contributed by atoms with Crippen LogP contribution >= 0.6 is 0 Å². The Morgan fingerprint density at radius 1 is 1.20 bits per heavy atom. The van der Waals surface area contributed by atoms with E-state index in [0.29, 0.717) is 6.04 Å². The summed E-state index contributed by atoms with van der Waals surface area (Å²) in [7, 11) is 0. The average Bonchev–Trinajstić information content (AvgIpc) is 2.30. The van der Waals surface area contributed by atoms with Crippen LogP contribution in [-0.2, 0) is 6.54 Å². The third kappa shape index (κ3) is 3.29. The van der Waals surface area contributed by atoms with Gasteiger partial charge in [0.25, 0.3) is 0 Å². The predicted octanol–water partition coefficient (Wildman–Crippen LogP) is 1.67. The van der Waals surface area contributed by atoms with Crippen LogP contribution in [0.4, 0.5) is 4.39 Å². The summed E-state index contributed by atoms with van der Waals surface area (Å²) in [6.45, 7) is 3.03. The van der Waals surface area contributed by atoms with E-state index in [1.54, 1.807) is 0 Å². The number of benzene rings is 1. The standard InChI is InChI=1S/C12H17FN2/c13-11-3-1-10(2-4-11)9-15-12-5-7-14-8-6-12/h1-4,12,14-15H,5-9H2. The molecule has 0 radical (unpaired) electrons. The molecule has 0 spiro atoms. The second-order valence-electron chi connectivity index (χ2n) is 4.03. The van der Waals surface area contributed by atoms with E-state index in [-0.39, 0.29) is 5.82 Å². The summed E-state index contributed by atoms with van der Waals surface area (Å²) >= 11 is 0. The Kier molecular flexibility index (Phi) is 3.69. The van der Waals surface area contributed by atoms with Gasteiger partial charge in [0, 0.05) is 12.6 Å². The van der Waals surface area contributed by atoms with Gasteiger partial charge in [0.2, 0.25) is 0 Å². The maximum Gasteiger partial charge on any atom is 0.123 e. The smallest absolute Gasteiger partial charge is 0.123 e. The van der Waals surface area contributed by atoms with Gasteiger partial charge in [-0.3, -0.25) is 0 Å². The number of halogens is 1. The molecule has 0 bridgehead atoms. The quantitative estimate of drug-likeness (QED) is 0.789. The second kappa shape index (κ2) is 5.24. The first kappa shape index (κ1) is 10.6. The minimum atomic E-state index is -0.166. The minimum absolute atomic E-state index is 0.166. The van der Waals surface area contributed by atoms with E-state index in [1.807, 2.05) is 12.1 Å². The van der Waals surface area contributed by atoms with Crippen LogP contribution in [0.1, 0.15) is 18.4 Å². The average molecular weight is 208 g/mol. The lowest BCUT2D eigenvalue weighted by atomic mass is 10.1. The summed E-state index contributed by atoms with van der Waals surface area (Å²) in [6, 6.07) is 7.31. The largest absolute Gasteiger partial charge is 0.317 e. The van der Waals surface area contributed by atoms with Gasteiger partial charge in [-0.1, -0.05) is 12.1 Å². The van der Waals surface area contributed by atoms with E-state index in [2.05, 4.69) is 10.6 Å². The molecule has 0 amide bonds. The molecule has 2 rings (SSSR count). The highest BCUT2D eigenvalue weighted by Crippen LogP contribution is 2.06. The normalized spacial score (nSPS) is 17.9. The van der Waals surface area contributed by atoms with Crippen LogP contribution in [0.15, 0.2) is 24.3 Å². The molecule has 1 aliphatic heterocycles. The van der Waals surface area contributed by atoms with Gasteiger partial charge in [0.1, 0.15) is 5.82 Å². The fraction of sp³-hybridized carbons (Fsp3) is 0.500. The Morgan fingerprint density at radius 3 is 2.53 bits per heavy atom. The van der Waals surface area contributed by atoms with Crippen LogP contribution in [0, 0.1) is 5.82 Å². The molecule has 1 fully saturated rings. The molecule has 15 heavy (non-hydrogen) atoms. The van der Waals surface area contributed by atoms with Crippen molar-refractivity contribution < 1.29 is 4.39 Å². The van der Waals surface area contributed by atoms with Gasteiger partial charge in [-0.2, -0.15) is 0 Å². The molecule has 1 aromatic rings. The molecule has 2 N–H and O–H groups in total. The zero-order chi connectivity index (χ0) is 10.5. The molecular weight excluding hydrogens is 191 g/mol. The van der Waals surface area contributed by atoms with Crippen molar-refractivity contribution >= 4 is 0 Å². The fourth-order valence-electron chi connectivity index (χ4n) is 1.89. The summed E-state index contributed by atoms with van der Waals surface area (Å²) in [4.78, 5) is 0. The molecule has 3 heteroatoms. The monoisotopic (exact) mass is 208 g/mol. The number of nitrogens with one attached hydrogen (secondary N) is 2. The third-order valence-corrected chi connectivity index (χ3v) is 2.85. The molecule has 0 saturated carbocycles. The van der Waals surface area contributed by atoms with E-state index >= 15 is 0 Å². The van der Waals surface area contributed by atoms with Crippen molar-refractivity contribution in [2.45, 2.75) is 25.4 Å². The van der Waals surface area contributed by atoms with Gasteiger partial charge in [0.15, 0.2) is 0 Å². The lowest BCUT2D eigenvalue weighted by Crippen LogP contribution is -2.39. The van der Waals surface area contributed by atoms with E-state index in [1.165, 1.54) is 25.0 Å². The molecule has 0 aromatic heterocycles. The van der Waals surface area contributed by atoms with E-state index < -0.39 is 0 Å². The molecule has 1 heterocycles. The summed E-state index contributed by atoms with van der Waals surface area (Å²) in [5.41, 5.74) is 1.15.